The number of urea groups is 1. The predicted molar refractivity (Wildman–Crippen MR) is 312 cm³/mol. The normalized spacial score (nSPS) is 11.4. The minimum atomic E-state index is -0.303. The Bertz CT molecular complexity index is 2970. The molecule has 0 unspecified atom stereocenters. The number of amides is 2. The van der Waals surface area contributed by atoms with Crippen LogP contribution >= 0.6 is 11.6 Å². The highest BCUT2D eigenvalue weighted by Crippen LogP contribution is 2.30. The predicted octanol–water partition coefficient (Wildman–Crippen LogP) is 15.4. The molecule has 0 bridgehead atoms. The smallest absolute Gasteiger partial charge is 0.323 e. The SMILES string of the molecule is Cc1cnc(NC(C)(C)C)nc1Nc1cc(C)c(Cl)c(C)c1.Cc1cnc(NC(C)(C)C)nc1Nc1cccc(C(C)(C)C)c1.Cc1cnc(NC(C)(C)C)nc1Nc1cccc(NC(=O)Nc2ccccc2)c1. The van der Waals surface area contributed by atoms with E-state index in [9.17, 15) is 4.79 Å². The number of nitrogens with one attached hydrogen (secondary N) is 8. The van der Waals surface area contributed by atoms with E-state index in [1.807, 2.05) is 114 Å². The van der Waals surface area contributed by atoms with Gasteiger partial charge in [0.2, 0.25) is 17.8 Å². The van der Waals surface area contributed by atoms with Crippen molar-refractivity contribution >= 4 is 81.4 Å². The van der Waals surface area contributed by atoms with Gasteiger partial charge in [-0.1, -0.05) is 68.8 Å². The minimum Gasteiger partial charge on any atom is -0.350 e. The Balaban J connectivity index is 0.000000208. The molecule has 74 heavy (non-hydrogen) atoms. The second-order valence-electron chi connectivity index (χ2n) is 22.5. The standard InChI is InChI=1S/C22H26N6O.C19H28N4.C17H23ClN4/c1-15-14-23-20(28-22(2,3)4)27-19(15)24-17-11-8-12-18(13-17)26-21(29)25-16-9-6-5-7-10-16;1-13-12-20-17(23-19(5,6)7)22-16(13)21-15-10-8-9-14(11-15)18(2,3)4;1-10-7-13(8-11(2)14(10)18)20-15-12(3)9-19-16(21-15)22-17(4,5)6/h5-14H,1-4H3,(H2,25,26,29)(H2,23,24,27,28);8-12H,1-7H3,(H2,20,21,22,23);7-9H,1-6H3,(H2,19,20,21,22). The molecule has 0 saturated heterocycles. The summed E-state index contributed by atoms with van der Waals surface area (Å²) in [4.78, 5) is 39.0. The van der Waals surface area contributed by atoms with Gasteiger partial charge in [-0.2, -0.15) is 15.0 Å². The van der Waals surface area contributed by atoms with Gasteiger partial charge in [0, 0.05) is 85.4 Å². The van der Waals surface area contributed by atoms with Crippen LogP contribution in [0.3, 0.4) is 0 Å². The molecule has 0 fully saturated rings. The maximum atomic E-state index is 12.2. The molecule has 4 aromatic carbocycles. The van der Waals surface area contributed by atoms with Crippen molar-refractivity contribution in [2.24, 2.45) is 0 Å². The monoisotopic (exact) mass is 1020 g/mol. The fourth-order valence-corrected chi connectivity index (χ4v) is 6.98. The number of aryl methyl sites for hydroxylation is 5. The van der Waals surface area contributed by atoms with Crippen molar-refractivity contribution in [1.82, 2.24) is 29.9 Å². The summed E-state index contributed by atoms with van der Waals surface area (Å²) in [5.41, 5.74) is 10.4. The zero-order valence-electron chi connectivity index (χ0n) is 46.4. The van der Waals surface area contributed by atoms with E-state index in [2.05, 4.69) is 180 Å². The summed E-state index contributed by atoms with van der Waals surface area (Å²) >= 11 is 6.22. The Morgan fingerprint density at radius 1 is 0.419 bits per heavy atom. The number of hydrogen-bond donors (Lipinski definition) is 8. The van der Waals surface area contributed by atoms with E-state index < -0.39 is 0 Å². The highest BCUT2D eigenvalue weighted by atomic mass is 35.5. The van der Waals surface area contributed by atoms with Crippen LogP contribution in [0, 0.1) is 34.6 Å². The summed E-state index contributed by atoms with van der Waals surface area (Å²) in [5, 5.41) is 26.4. The molecule has 8 N–H and O–H groups in total. The molecule has 0 aliphatic carbocycles. The number of hydrogen-bond acceptors (Lipinski definition) is 13. The van der Waals surface area contributed by atoms with E-state index >= 15 is 0 Å². The van der Waals surface area contributed by atoms with Crippen molar-refractivity contribution in [2.75, 3.05) is 42.5 Å². The van der Waals surface area contributed by atoms with Crippen LogP contribution in [0.1, 0.15) is 116 Å². The van der Waals surface area contributed by atoms with E-state index in [-0.39, 0.29) is 28.1 Å². The number of rotatable bonds is 11. The van der Waals surface area contributed by atoms with Crippen molar-refractivity contribution in [2.45, 2.75) is 140 Å². The molecule has 0 aliphatic heterocycles. The number of carbonyl (C=O) groups is 1. The van der Waals surface area contributed by atoms with Crippen molar-refractivity contribution < 1.29 is 4.79 Å². The number of para-hydroxylation sites is 1. The molecule has 3 heterocycles. The third-order valence-corrected chi connectivity index (χ3v) is 11.1. The van der Waals surface area contributed by atoms with Crippen LogP contribution in [0.25, 0.3) is 0 Å². The van der Waals surface area contributed by atoms with Crippen molar-refractivity contribution in [1.29, 1.82) is 0 Å². The second kappa shape index (κ2) is 24.5. The Labute approximate surface area is 444 Å². The molecule has 16 heteroatoms. The fourth-order valence-electron chi connectivity index (χ4n) is 6.87. The summed E-state index contributed by atoms with van der Waals surface area (Å²) in [6.45, 7) is 35.3. The molecule has 15 nitrogen and oxygen atoms in total. The Kier molecular flexibility index (Phi) is 19.0. The first-order chi connectivity index (χ1) is 34.5. The lowest BCUT2D eigenvalue weighted by Crippen LogP contribution is -2.27. The van der Waals surface area contributed by atoms with E-state index in [1.54, 1.807) is 6.20 Å². The molecule has 7 rings (SSSR count). The third-order valence-electron chi connectivity index (χ3n) is 10.5. The van der Waals surface area contributed by atoms with Crippen LogP contribution in [-0.2, 0) is 5.41 Å². The first-order valence-electron chi connectivity index (χ1n) is 24.8. The molecule has 0 spiro atoms. The summed E-state index contributed by atoms with van der Waals surface area (Å²) in [7, 11) is 0. The van der Waals surface area contributed by atoms with Gasteiger partial charge >= 0.3 is 6.03 Å². The van der Waals surface area contributed by atoms with Gasteiger partial charge in [-0.15, -0.1) is 0 Å². The lowest BCUT2D eigenvalue weighted by atomic mass is 9.87. The second-order valence-corrected chi connectivity index (χ2v) is 22.8. The number of nitrogens with zero attached hydrogens (tertiary/aromatic N) is 6. The molecule has 2 amide bonds. The number of benzene rings is 4. The Morgan fingerprint density at radius 3 is 1.20 bits per heavy atom. The first kappa shape index (κ1) is 57.4. The average Bonchev–Trinajstić information content (AvgIpc) is 3.28. The van der Waals surface area contributed by atoms with E-state index in [0.29, 0.717) is 29.4 Å². The van der Waals surface area contributed by atoms with Gasteiger partial charge in [0.25, 0.3) is 0 Å². The van der Waals surface area contributed by atoms with Gasteiger partial charge in [-0.05, 0) is 174 Å². The topological polar surface area (TPSA) is 191 Å². The van der Waals surface area contributed by atoms with Crippen molar-refractivity contribution in [3.05, 3.63) is 148 Å². The zero-order chi connectivity index (χ0) is 54.6. The van der Waals surface area contributed by atoms with Crippen LogP contribution in [0.4, 0.5) is 68.5 Å². The van der Waals surface area contributed by atoms with E-state index in [0.717, 1.165) is 67.2 Å². The van der Waals surface area contributed by atoms with Gasteiger partial charge in [0.05, 0.1) is 0 Å². The maximum Gasteiger partial charge on any atom is 0.323 e. The van der Waals surface area contributed by atoms with Crippen LogP contribution in [0.5, 0.6) is 0 Å². The Morgan fingerprint density at radius 2 is 0.784 bits per heavy atom. The minimum absolute atomic E-state index is 0.0708. The van der Waals surface area contributed by atoms with Crippen LogP contribution in [-0.4, -0.2) is 52.6 Å². The lowest BCUT2D eigenvalue weighted by molar-refractivity contribution is 0.262. The molecular formula is C58H77ClN14O. The van der Waals surface area contributed by atoms with Gasteiger partial charge in [0.15, 0.2) is 0 Å². The number of aromatic nitrogens is 6. The van der Waals surface area contributed by atoms with E-state index in [4.69, 9.17) is 11.6 Å². The van der Waals surface area contributed by atoms with Gasteiger partial charge < -0.3 is 42.5 Å². The molecule has 0 aliphatic rings. The lowest BCUT2D eigenvalue weighted by Gasteiger charge is -2.22. The maximum absolute atomic E-state index is 12.2. The molecule has 3 aromatic heterocycles. The Hall–Kier alpha value is -7.52. The quantitative estimate of drug-likeness (QED) is 0.0611. The number of anilines is 11. The van der Waals surface area contributed by atoms with Crippen molar-refractivity contribution in [3.8, 4) is 0 Å². The zero-order valence-corrected chi connectivity index (χ0v) is 47.1. The summed E-state index contributed by atoms with van der Waals surface area (Å²) in [6, 6.07) is 29.0. The largest absolute Gasteiger partial charge is 0.350 e. The number of halogens is 1. The highest BCUT2D eigenvalue weighted by Gasteiger charge is 2.17. The van der Waals surface area contributed by atoms with Gasteiger partial charge in [0.1, 0.15) is 17.5 Å². The van der Waals surface area contributed by atoms with Crippen LogP contribution in [0.15, 0.2) is 110 Å². The van der Waals surface area contributed by atoms with Crippen molar-refractivity contribution in [3.63, 3.8) is 0 Å². The molecule has 0 radical (unpaired) electrons. The molecular weight excluding hydrogens is 944 g/mol. The molecule has 7 aromatic rings. The average molecular weight is 1020 g/mol. The molecule has 0 saturated carbocycles. The van der Waals surface area contributed by atoms with Gasteiger partial charge in [-0.3, -0.25) is 0 Å². The summed E-state index contributed by atoms with van der Waals surface area (Å²) < 4.78 is 0. The van der Waals surface area contributed by atoms with Gasteiger partial charge in [-0.25, -0.2) is 19.7 Å². The van der Waals surface area contributed by atoms with E-state index in [1.165, 1.54) is 5.56 Å². The molecule has 392 valence electrons. The van der Waals surface area contributed by atoms with Crippen LogP contribution in [0.2, 0.25) is 5.02 Å². The number of carbonyl (C=O) groups excluding carboxylic acids is 1. The van der Waals surface area contributed by atoms with Crippen LogP contribution < -0.4 is 42.5 Å². The fraction of sp³-hybridized carbons (Fsp3) is 0.362. The highest BCUT2D eigenvalue weighted by molar-refractivity contribution is 6.32. The summed E-state index contributed by atoms with van der Waals surface area (Å²) in [6.07, 6.45) is 5.44. The third kappa shape index (κ3) is 19.2. The summed E-state index contributed by atoms with van der Waals surface area (Å²) in [5.74, 6) is 4.14. The first-order valence-corrected chi connectivity index (χ1v) is 25.1. The molecule has 0 atom stereocenters.